The average Bonchev–Trinajstić information content (AvgIpc) is 3.28. The van der Waals surface area contributed by atoms with Crippen LogP contribution < -0.4 is 0 Å². The van der Waals surface area contributed by atoms with E-state index in [1.54, 1.807) is 6.33 Å². The monoisotopic (exact) mass is 342 g/mol. The number of imidazole rings is 1. The number of hydrogen-bond acceptors (Lipinski definition) is 4. The fraction of sp³-hybridized carbons (Fsp3) is 0.611. The molecule has 0 aliphatic carbocycles. The predicted molar refractivity (Wildman–Crippen MR) is 93.8 cm³/mol. The van der Waals surface area contributed by atoms with Crippen molar-refractivity contribution in [2.75, 3.05) is 26.2 Å². The van der Waals surface area contributed by atoms with E-state index in [2.05, 4.69) is 21.0 Å². The van der Waals surface area contributed by atoms with Gasteiger partial charge < -0.3 is 9.47 Å². The molecular formula is C18H26N6O. The molecule has 0 radical (unpaired) electrons. The van der Waals surface area contributed by atoms with Crippen LogP contribution in [0.25, 0.3) is 0 Å². The number of nitrogens with zero attached hydrogens (tertiary/aromatic N) is 6. The van der Waals surface area contributed by atoms with Crippen molar-refractivity contribution in [1.82, 2.24) is 29.1 Å². The second kappa shape index (κ2) is 6.63. The molecule has 2 aliphatic rings. The quantitative estimate of drug-likeness (QED) is 0.839. The van der Waals surface area contributed by atoms with E-state index >= 15 is 0 Å². The summed E-state index contributed by atoms with van der Waals surface area (Å²) in [5.74, 6) is 1.31. The molecule has 2 aliphatic heterocycles. The number of likely N-dealkylation sites (tertiary alicyclic amines) is 2. The molecule has 25 heavy (non-hydrogen) atoms. The topological polar surface area (TPSA) is 59.2 Å². The largest absolute Gasteiger partial charge is 0.340 e. The lowest BCUT2D eigenvalue weighted by atomic mass is 9.92. The van der Waals surface area contributed by atoms with Crippen molar-refractivity contribution < 1.29 is 4.79 Å². The van der Waals surface area contributed by atoms with Gasteiger partial charge in [0.2, 0.25) is 0 Å². The van der Waals surface area contributed by atoms with Gasteiger partial charge in [0.25, 0.3) is 5.91 Å². The minimum atomic E-state index is 0.0837. The van der Waals surface area contributed by atoms with Crippen molar-refractivity contribution in [2.45, 2.75) is 19.4 Å². The molecule has 7 heteroatoms. The number of aryl methyl sites for hydroxylation is 2. The van der Waals surface area contributed by atoms with Crippen LogP contribution in [0.15, 0.2) is 24.8 Å². The van der Waals surface area contributed by atoms with E-state index in [4.69, 9.17) is 0 Å². The molecule has 0 spiro atoms. The van der Waals surface area contributed by atoms with Crippen LogP contribution in [0.2, 0.25) is 0 Å². The van der Waals surface area contributed by atoms with Crippen LogP contribution in [-0.4, -0.2) is 61.2 Å². The Kier molecular flexibility index (Phi) is 4.33. The van der Waals surface area contributed by atoms with Gasteiger partial charge in [-0.2, -0.15) is 5.10 Å². The molecule has 134 valence electrons. The summed E-state index contributed by atoms with van der Waals surface area (Å²) in [6.45, 7) is 4.90. The molecule has 2 fully saturated rings. The molecule has 4 heterocycles. The molecule has 2 aromatic rings. The summed E-state index contributed by atoms with van der Waals surface area (Å²) in [5.41, 5.74) is 1.83. The minimum absolute atomic E-state index is 0.0837. The van der Waals surface area contributed by atoms with Gasteiger partial charge in [0.15, 0.2) is 0 Å². The summed E-state index contributed by atoms with van der Waals surface area (Å²) in [7, 11) is 3.90. The van der Waals surface area contributed by atoms with E-state index in [0.717, 1.165) is 45.6 Å². The number of hydrogen-bond donors (Lipinski definition) is 0. The highest BCUT2D eigenvalue weighted by Gasteiger charge is 2.37. The van der Waals surface area contributed by atoms with Gasteiger partial charge in [-0.3, -0.25) is 14.4 Å². The number of fused-ring (bicyclic) bond motifs is 1. The molecule has 0 N–H and O–H groups in total. The van der Waals surface area contributed by atoms with Gasteiger partial charge in [-0.05, 0) is 43.8 Å². The average molecular weight is 342 g/mol. The number of amides is 1. The van der Waals surface area contributed by atoms with E-state index in [9.17, 15) is 4.79 Å². The van der Waals surface area contributed by atoms with Crippen LogP contribution in [0.4, 0.5) is 0 Å². The zero-order valence-electron chi connectivity index (χ0n) is 15.0. The van der Waals surface area contributed by atoms with Crippen molar-refractivity contribution >= 4 is 5.91 Å². The molecule has 0 unspecified atom stereocenters. The summed E-state index contributed by atoms with van der Waals surface area (Å²) in [4.78, 5) is 21.4. The third-order valence-electron chi connectivity index (χ3n) is 5.73. The molecule has 0 aromatic carbocycles. The summed E-state index contributed by atoms with van der Waals surface area (Å²) in [6.07, 6.45) is 7.69. The van der Waals surface area contributed by atoms with Crippen molar-refractivity contribution in [3.8, 4) is 0 Å². The summed E-state index contributed by atoms with van der Waals surface area (Å²) >= 11 is 0. The standard InChI is InChI=1S/C18H26N6O/c1-21-12-17(19-13-21)18(25)24-9-14-4-7-23(8-5-15(14)10-24)11-16-3-6-20-22(16)2/h3,6,12-15H,4-5,7-11H2,1-2H3/t14-,15+. The van der Waals surface area contributed by atoms with Gasteiger partial charge in [0.05, 0.1) is 12.0 Å². The summed E-state index contributed by atoms with van der Waals surface area (Å²) in [6, 6.07) is 2.10. The maximum atomic E-state index is 12.6. The molecule has 7 nitrogen and oxygen atoms in total. The van der Waals surface area contributed by atoms with Gasteiger partial charge in [0.1, 0.15) is 5.69 Å². The molecule has 1 amide bonds. The van der Waals surface area contributed by atoms with E-state index in [1.807, 2.05) is 40.6 Å². The molecule has 0 saturated carbocycles. The molecular weight excluding hydrogens is 316 g/mol. The van der Waals surface area contributed by atoms with Crippen LogP contribution in [0.1, 0.15) is 29.0 Å². The maximum Gasteiger partial charge on any atom is 0.274 e. The second-order valence-corrected chi connectivity index (χ2v) is 7.45. The van der Waals surface area contributed by atoms with Gasteiger partial charge in [-0.15, -0.1) is 0 Å². The Hall–Kier alpha value is -2.15. The minimum Gasteiger partial charge on any atom is -0.340 e. The molecule has 2 saturated heterocycles. The fourth-order valence-corrected chi connectivity index (χ4v) is 4.20. The van der Waals surface area contributed by atoms with Crippen LogP contribution in [0.5, 0.6) is 0 Å². The van der Waals surface area contributed by atoms with E-state index in [-0.39, 0.29) is 5.91 Å². The predicted octanol–water partition coefficient (Wildman–Crippen LogP) is 1.14. The first-order valence-corrected chi connectivity index (χ1v) is 9.06. The highest BCUT2D eigenvalue weighted by atomic mass is 16.2. The molecule has 0 bridgehead atoms. The van der Waals surface area contributed by atoms with E-state index in [1.165, 1.54) is 5.69 Å². The van der Waals surface area contributed by atoms with Crippen LogP contribution >= 0.6 is 0 Å². The van der Waals surface area contributed by atoms with Gasteiger partial charge >= 0.3 is 0 Å². The Morgan fingerprint density at radius 3 is 2.48 bits per heavy atom. The molecule has 4 rings (SSSR count). The van der Waals surface area contributed by atoms with Crippen molar-refractivity contribution in [3.63, 3.8) is 0 Å². The van der Waals surface area contributed by atoms with Crippen molar-refractivity contribution in [2.24, 2.45) is 25.9 Å². The fourth-order valence-electron chi connectivity index (χ4n) is 4.20. The summed E-state index contributed by atoms with van der Waals surface area (Å²) < 4.78 is 3.79. The normalized spacial score (nSPS) is 24.3. The third-order valence-corrected chi connectivity index (χ3v) is 5.73. The Balaban J connectivity index is 1.35. The molecule has 2 aromatic heterocycles. The van der Waals surface area contributed by atoms with Crippen LogP contribution in [-0.2, 0) is 20.6 Å². The highest BCUT2D eigenvalue weighted by Crippen LogP contribution is 2.32. The Morgan fingerprint density at radius 2 is 1.92 bits per heavy atom. The number of rotatable bonds is 3. The summed E-state index contributed by atoms with van der Waals surface area (Å²) in [5, 5.41) is 4.26. The Bertz CT molecular complexity index is 734. The zero-order valence-corrected chi connectivity index (χ0v) is 15.0. The second-order valence-electron chi connectivity index (χ2n) is 7.45. The number of carbonyl (C=O) groups is 1. The number of aromatic nitrogens is 4. The number of carbonyl (C=O) groups excluding carboxylic acids is 1. The Labute approximate surface area is 148 Å². The lowest BCUT2D eigenvalue weighted by Gasteiger charge is -2.21. The maximum absolute atomic E-state index is 12.6. The highest BCUT2D eigenvalue weighted by molar-refractivity contribution is 5.92. The first kappa shape index (κ1) is 16.3. The van der Waals surface area contributed by atoms with Crippen molar-refractivity contribution in [1.29, 1.82) is 0 Å². The molecule has 2 atom stereocenters. The Morgan fingerprint density at radius 1 is 1.20 bits per heavy atom. The zero-order chi connectivity index (χ0) is 17.4. The first-order valence-electron chi connectivity index (χ1n) is 9.06. The lowest BCUT2D eigenvalue weighted by molar-refractivity contribution is 0.0774. The van der Waals surface area contributed by atoms with Crippen LogP contribution in [0.3, 0.4) is 0 Å². The smallest absolute Gasteiger partial charge is 0.274 e. The van der Waals surface area contributed by atoms with E-state index in [0.29, 0.717) is 17.5 Å². The van der Waals surface area contributed by atoms with Crippen molar-refractivity contribution in [3.05, 3.63) is 36.2 Å². The first-order chi connectivity index (χ1) is 12.1. The van der Waals surface area contributed by atoms with Crippen LogP contribution in [0, 0.1) is 11.8 Å². The lowest BCUT2D eigenvalue weighted by Crippen LogP contribution is -2.31. The SMILES string of the molecule is Cn1cnc(C(=O)N2C[C@H]3CCN(Cc4ccnn4C)CC[C@H]3C2)c1. The van der Waals surface area contributed by atoms with Gasteiger partial charge in [0, 0.05) is 46.1 Å². The van der Waals surface area contributed by atoms with Gasteiger partial charge in [-0.1, -0.05) is 0 Å². The van der Waals surface area contributed by atoms with E-state index < -0.39 is 0 Å². The third kappa shape index (κ3) is 3.33. The van der Waals surface area contributed by atoms with Gasteiger partial charge in [-0.25, -0.2) is 4.98 Å².